The van der Waals surface area contributed by atoms with Crippen molar-refractivity contribution in [2.45, 2.75) is 12.5 Å². The van der Waals surface area contributed by atoms with Crippen molar-refractivity contribution >= 4 is 22.8 Å². The summed E-state index contributed by atoms with van der Waals surface area (Å²) >= 11 is 0. The molecule has 6 heteroatoms. The van der Waals surface area contributed by atoms with Crippen LogP contribution in [-0.2, 0) is 16.0 Å². The van der Waals surface area contributed by atoms with Gasteiger partial charge >= 0.3 is 5.97 Å². The Morgan fingerprint density at radius 3 is 2.32 bits per heavy atom. The van der Waals surface area contributed by atoms with E-state index in [1.807, 2.05) is 66.7 Å². The van der Waals surface area contributed by atoms with E-state index >= 15 is 0 Å². The summed E-state index contributed by atoms with van der Waals surface area (Å²) < 4.78 is 5.53. The Hall–Kier alpha value is -4.06. The van der Waals surface area contributed by atoms with Gasteiger partial charge < -0.3 is 20.1 Å². The molecular formula is C25H22N2O4. The van der Waals surface area contributed by atoms with Crippen LogP contribution in [0.5, 0.6) is 5.75 Å². The Balaban J connectivity index is 1.35. The van der Waals surface area contributed by atoms with Gasteiger partial charge in [0.1, 0.15) is 11.8 Å². The zero-order valence-electron chi connectivity index (χ0n) is 16.7. The van der Waals surface area contributed by atoms with Crippen molar-refractivity contribution in [3.8, 4) is 16.9 Å². The Morgan fingerprint density at radius 2 is 1.58 bits per heavy atom. The molecule has 0 saturated carbocycles. The fourth-order valence-corrected chi connectivity index (χ4v) is 3.48. The summed E-state index contributed by atoms with van der Waals surface area (Å²) in [7, 11) is 0. The molecule has 0 radical (unpaired) electrons. The second-order valence-electron chi connectivity index (χ2n) is 7.20. The predicted molar refractivity (Wildman–Crippen MR) is 119 cm³/mol. The first-order valence-electron chi connectivity index (χ1n) is 9.95. The van der Waals surface area contributed by atoms with E-state index in [-0.39, 0.29) is 13.0 Å². The number of carbonyl (C=O) groups is 2. The van der Waals surface area contributed by atoms with Crippen LogP contribution in [0.2, 0.25) is 0 Å². The van der Waals surface area contributed by atoms with E-state index in [9.17, 15) is 14.7 Å². The first kappa shape index (κ1) is 20.2. The molecule has 3 N–H and O–H groups in total. The van der Waals surface area contributed by atoms with Crippen LogP contribution in [0, 0.1) is 0 Å². The average molecular weight is 414 g/mol. The molecular weight excluding hydrogens is 392 g/mol. The van der Waals surface area contributed by atoms with Gasteiger partial charge in [0.15, 0.2) is 6.61 Å². The summed E-state index contributed by atoms with van der Waals surface area (Å²) in [6.07, 6.45) is 1.95. The van der Waals surface area contributed by atoms with Crippen LogP contribution in [0.4, 0.5) is 0 Å². The van der Waals surface area contributed by atoms with E-state index < -0.39 is 17.9 Å². The van der Waals surface area contributed by atoms with Crippen molar-refractivity contribution in [2.75, 3.05) is 6.61 Å². The smallest absolute Gasteiger partial charge is 0.326 e. The molecule has 0 spiro atoms. The van der Waals surface area contributed by atoms with E-state index in [1.165, 1.54) is 0 Å². The van der Waals surface area contributed by atoms with Gasteiger partial charge in [-0.25, -0.2) is 4.79 Å². The van der Waals surface area contributed by atoms with E-state index in [0.29, 0.717) is 5.75 Å². The van der Waals surface area contributed by atoms with Gasteiger partial charge in [-0.15, -0.1) is 0 Å². The number of amides is 1. The van der Waals surface area contributed by atoms with Gasteiger partial charge in [-0.1, -0.05) is 60.7 Å². The first-order chi connectivity index (χ1) is 15.1. The zero-order chi connectivity index (χ0) is 21.6. The minimum atomic E-state index is -1.09. The van der Waals surface area contributed by atoms with Crippen molar-refractivity contribution in [3.63, 3.8) is 0 Å². The molecule has 0 aliphatic rings. The standard InChI is InChI=1S/C25H22N2O4/c28-24(16-31-20-12-10-18(11-13-20)17-6-2-1-3-7-17)27-23(25(29)30)14-19-15-26-22-9-5-4-8-21(19)22/h1-13,15,23,26H,14,16H2,(H,27,28)(H,29,30)/t23-/m0/s1. The van der Waals surface area contributed by atoms with E-state index in [2.05, 4.69) is 10.3 Å². The van der Waals surface area contributed by atoms with Crippen LogP contribution in [0.1, 0.15) is 5.56 Å². The number of hydrogen-bond donors (Lipinski definition) is 3. The molecule has 1 heterocycles. The normalized spacial score (nSPS) is 11.7. The van der Waals surface area contributed by atoms with Gasteiger partial charge in [0.2, 0.25) is 0 Å². The molecule has 1 aromatic heterocycles. The minimum absolute atomic E-state index is 0.177. The molecule has 1 amide bonds. The molecule has 0 aliphatic heterocycles. The number of aromatic nitrogens is 1. The van der Waals surface area contributed by atoms with Crippen molar-refractivity contribution < 1.29 is 19.4 Å². The van der Waals surface area contributed by atoms with Crippen LogP contribution in [-0.4, -0.2) is 34.6 Å². The SMILES string of the molecule is O=C(COc1ccc(-c2ccccc2)cc1)N[C@@H](Cc1c[nH]c2ccccc12)C(=O)O. The van der Waals surface area contributed by atoms with Crippen molar-refractivity contribution in [1.82, 2.24) is 10.3 Å². The number of carbonyl (C=O) groups excluding carboxylic acids is 1. The highest BCUT2D eigenvalue weighted by molar-refractivity contribution is 5.87. The summed E-state index contributed by atoms with van der Waals surface area (Å²) in [6, 6.07) is 23.9. The molecule has 6 nitrogen and oxygen atoms in total. The predicted octanol–water partition coefficient (Wildman–Crippen LogP) is 4.03. The van der Waals surface area contributed by atoms with Crippen LogP contribution >= 0.6 is 0 Å². The van der Waals surface area contributed by atoms with Crippen LogP contribution in [0.25, 0.3) is 22.0 Å². The van der Waals surface area contributed by atoms with Gasteiger partial charge in [0.05, 0.1) is 0 Å². The van der Waals surface area contributed by atoms with Crippen LogP contribution in [0.3, 0.4) is 0 Å². The first-order valence-corrected chi connectivity index (χ1v) is 9.95. The lowest BCUT2D eigenvalue weighted by molar-refractivity contribution is -0.142. The molecule has 4 aromatic rings. The number of hydrogen-bond acceptors (Lipinski definition) is 3. The van der Waals surface area contributed by atoms with E-state index in [4.69, 9.17) is 4.74 Å². The Kier molecular flexibility index (Phi) is 5.98. The Labute approximate surface area is 179 Å². The van der Waals surface area contributed by atoms with E-state index in [0.717, 1.165) is 27.6 Å². The molecule has 3 aromatic carbocycles. The third-order valence-corrected chi connectivity index (χ3v) is 5.06. The maximum absolute atomic E-state index is 12.3. The molecule has 1 atom stereocenters. The zero-order valence-corrected chi connectivity index (χ0v) is 16.7. The highest BCUT2D eigenvalue weighted by atomic mass is 16.5. The van der Waals surface area contributed by atoms with Gasteiger partial charge in [0.25, 0.3) is 5.91 Å². The summed E-state index contributed by atoms with van der Waals surface area (Å²) in [5.41, 5.74) is 3.89. The third kappa shape index (κ3) is 4.93. The third-order valence-electron chi connectivity index (χ3n) is 5.06. The fraction of sp³-hybridized carbons (Fsp3) is 0.120. The summed E-state index contributed by atoms with van der Waals surface area (Å²) in [6.45, 7) is -0.262. The quantitative estimate of drug-likeness (QED) is 0.406. The molecule has 0 unspecified atom stereocenters. The van der Waals surface area contributed by atoms with Crippen molar-refractivity contribution in [2.24, 2.45) is 0 Å². The molecule has 31 heavy (non-hydrogen) atoms. The molecule has 0 aliphatic carbocycles. The lowest BCUT2D eigenvalue weighted by Crippen LogP contribution is -2.44. The monoisotopic (exact) mass is 414 g/mol. The molecule has 0 bridgehead atoms. The van der Waals surface area contributed by atoms with Crippen molar-refractivity contribution in [1.29, 1.82) is 0 Å². The van der Waals surface area contributed by atoms with E-state index in [1.54, 1.807) is 18.3 Å². The minimum Gasteiger partial charge on any atom is -0.484 e. The maximum atomic E-state index is 12.3. The van der Waals surface area contributed by atoms with Gasteiger partial charge in [-0.3, -0.25) is 4.79 Å². The number of nitrogens with one attached hydrogen (secondary N) is 2. The number of rotatable bonds is 8. The number of carboxylic acid groups (broad SMARTS) is 1. The lowest BCUT2D eigenvalue weighted by Gasteiger charge is -2.15. The molecule has 4 rings (SSSR count). The summed E-state index contributed by atoms with van der Waals surface area (Å²) in [5, 5.41) is 13.0. The Bertz CT molecular complexity index is 1180. The highest BCUT2D eigenvalue weighted by Crippen LogP contribution is 2.22. The van der Waals surface area contributed by atoms with Gasteiger partial charge in [0, 0.05) is 23.5 Å². The second-order valence-corrected chi connectivity index (χ2v) is 7.20. The largest absolute Gasteiger partial charge is 0.484 e. The number of para-hydroxylation sites is 1. The average Bonchev–Trinajstić information content (AvgIpc) is 3.21. The molecule has 156 valence electrons. The summed E-state index contributed by atoms with van der Waals surface area (Å²) in [5.74, 6) is -1.04. The number of carboxylic acids is 1. The number of ether oxygens (including phenoxy) is 1. The topological polar surface area (TPSA) is 91.4 Å². The number of fused-ring (bicyclic) bond motifs is 1. The molecule has 0 fully saturated rings. The number of benzene rings is 3. The van der Waals surface area contributed by atoms with Gasteiger partial charge in [-0.05, 0) is 34.9 Å². The highest BCUT2D eigenvalue weighted by Gasteiger charge is 2.22. The molecule has 0 saturated heterocycles. The lowest BCUT2D eigenvalue weighted by atomic mass is 10.1. The van der Waals surface area contributed by atoms with Gasteiger partial charge in [-0.2, -0.15) is 0 Å². The van der Waals surface area contributed by atoms with Crippen LogP contribution in [0.15, 0.2) is 85.1 Å². The number of H-pyrrole nitrogens is 1. The number of aromatic amines is 1. The fourth-order valence-electron chi connectivity index (χ4n) is 3.48. The summed E-state index contributed by atoms with van der Waals surface area (Å²) in [4.78, 5) is 27.1. The maximum Gasteiger partial charge on any atom is 0.326 e. The van der Waals surface area contributed by atoms with Crippen molar-refractivity contribution in [3.05, 3.63) is 90.6 Å². The number of aliphatic carboxylic acids is 1. The van der Waals surface area contributed by atoms with Crippen LogP contribution < -0.4 is 10.1 Å². The Morgan fingerprint density at radius 1 is 0.903 bits per heavy atom. The second kappa shape index (κ2) is 9.17.